The summed E-state index contributed by atoms with van der Waals surface area (Å²) in [6, 6.07) is 14.6. The second kappa shape index (κ2) is 7.94. The van der Waals surface area contributed by atoms with Gasteiger partial charge in [0.05, 0.1) is 25.9 Å². The molecule has 0 aliphatic carbocycles. The van der Waals surface area contributed by atoms with Crippen molar-refractivity contribution in [2.24, 2.45) is 0 Å². The summed E-state index contributed by atoms with van der Waals surface area (Å²) in [5.74, 6) is 2.14. The molecule has 2 rings (SSSR count). The number of carbonyl (C=O) groups is 1. The van der Waals surface area contributed by atoms with Gasteiger partial charge in [-0.1, -0.05) is 18.2 Å². The Morgan fingerprint density at radius 1 is 0.952 bits per heavy atom. The molecule has 0 spiro atoms. The molecular formula is C17H18O4. The Hall–Kier alpha value is -2.49. The number of ether oxygens (including phenoxy) is 3. The smallest absolute Gasteiger partial charge is 0.153 e. The van der Waals surface area contributed by atoms with Gasteiger partial charge in [0.25, 0.3) is 0 Å². The number of rotatable bonds is 8. The third-order valence-corrected chi connectivity index (χ3v) is 2.90. The molecule has 0 saturated heterocycles. The number of carbonyl (C=O) groups excluding carboxylic acids is 1. The van der Waals surface area contributed by atoms with E-state index >= 15 is 0 Å². The van der Waals surface area contributed by atoms with E-state index in [0.29, 0.717) is 24.5 Å². The van der Waals surface area contributed by atoms with Crippen molar-refractivity contribution < 1.29 is 19.0 Å². The first-order valence-electron chi connectivity index (χ1n) is 6.77. The first-order chi connectivity index (χ1) is 10.3. The van der Waals surface area contributed by atoms with Crippen molar-refractivity contribution in [3.63, 3.8) is 0 Å². The van der Waals surface area contributed by atoms with Crippen LogP contribution in [0.1, 0.15) is 16.8 Å². The molecule has 0 aliphatic heterocycles. The highest BCUT2D eigenvalue weighted by molar-refractivity contribution is 5.79. The third-order valence-electron chi connectivity index (χ3n) is 2.90. The van der Waals surface area contributed by atoms with Crippen LogP contribution < -0.4 is 14.2 Å². The maximum Gasteiger partial charge on any atom is 0.153 e. The van der Waals surface area contributed by atoms with Crippen molar-refractivity contribution in [1.29, 1.82) is 0 Å². The molecule has 0 atom stereocenters. The maximum atomic E-state index is 10.8. The van der Waals surface area contributed by atoms with Gasteiger partial charge in [-0.25, -0.2) is 0 Å². The first-order valence-corrected chi connectivity index (χ1v) is 6.77. The number of aldehydes is 1. The van der Waals surface area contributed by atoms with Crippen LogP contribution in [0.5, 0.6) is 17.2 Å². The van der Waals surface area contributed by atoms with E-state index in [0.717, 1.165) is 24.2 Å². The number of hydrogen-bond donors (Lipinski definition) is 0. The van der Waals surface area contributed by atoms with Crippen molar-refractivity contribution in [1.82, 2.24) is 0 Å². The molecule has 0 heterocycles. The summed E-state index contributed by atoms with van der Waals surface area (Å²) in [5, 5.41) is 0. The van der Waals surface area contributed by atoms with Crippen LogP contribution in [0.25, 0.3) is 0 Å². The molecule has 2 aromatic rings. The lowest BCUT2D eigenvalue weighted by Gasteiger charge is -2.10. The zero-order chi connectivity index (χ0) is 14.9. The van der Waals surface area contributed by atoms with Crippen LogP contribution in [0.15, 0.2) is 48.5 Å². The second-order valence-corrected chi connectivity index (χ2v) is 4.39. The van der Waals surface area contributed by atoms with E-state index in [2.05, 4.69) is 0 Å². The Morgan fingerprint density at radius 2 is 1.71 bits per heavy atom. The van der Waals surface area contributed by atoms with Crippen LogP contribution in [-0.4, -0.2) is 26.6 Å². The summed E-state index contributed by atoms with van der Waals surface area (Å²) in [6.07, 6.45) is 1.52. The van der Waals surface area contributed by atoms with Crippen LogP contribution >= 0.6 is 0 Å². The number of hydrogen-bond acceptors (Lipinski definition) is 4. The lowest BCUT2D eigenvalue weighted by atomic mass is 10.2. The van der Waals surface area contributed by atoms with Gasteiger partial charge < -0.3 is 14.2 Å². The van der Waals surface area contributed by atoms with Crippen LogP contribution in [0.4, 0.5) is 0 Å². The fourth-order valence-electron chi connectivity index (χ4n) is 1.83. The van der Waals surface area contributed by atoms with E-state index in [1.54, 1.807) is 19.2 Å². The van der Waals surface area contributed by atoms with Crippen LogP contribution in [-0.2, 0) is 0 Å². The predicted octanol–water partition coefficient (Wildman–Crippen LogP) is 3.36. The van der Waals surface area contributed by atoms with Gasteiger partial charge in [0.2, 0.25) is 0 Å². The normalized spacial score (nSPS) is 9.95. The highest BCUT2D eigenvalue weighted by Gasteiger charge is 2.01. The minimum Gasteiger partial charge on any atom is -0.497 e. The quantitative estimate of drug-likeness (QED) is 0.551. The summed E-state index contributed by atoms with van der Waals surface area (Å²) in [5.41, 5.74) is 0.561. The van der Waals surface area contributed by atoms with E-state index in [1.807, 2.05) is 36.4 Å². The summed E-state index contributed by atoms with van der Waals surface area (Å²) < 4.78 is 16.3. The fourth-order valence-corrected chi connectivity index (χ4v) is 1.83. The molecule has 110 valence electrons. The monoisotopic (exact) mass is 286 g/mol. The minimum atomic E-state index is 0.495. The second-order valence-electron chi connectivity index (χ2n) is 4.39. The lowest BCUT2D eigenvalue weighted by Crippen LogP contribution is -2.06. The largest absolute Gasteiger partial charge is 0.497 e. The van der Waals surface area contributed by atoms with E-state index in [4.69, 9.17) is 14.2 Å². The van der Waals surface area contributed by atoms with Gasteiger partial charge in [-0.05, 0) is 24.3 Å². The summed E-state index contributed by atoms with van der Waals surface area (Å²) in [4.78, 5) is 10.8. The molecule has 0 aromatic heterocycles. The standard InChI is InChI=1S/C17H18O4/c1-19-15-7-4-8-16(12-15)20-10-5-11-21-17-9-3-2-6-14(17)13-18/h2-4,6-9,12-13H,5,10-11H2,1H3. The van der Waals surface area contributed by atoms with Crippen molar-refractivity contribution in [2.45, 2.75) is 6.42 Å². The molecule has 21 heavy (non-hydrogen) atoms. The summed E-state index contributed by atoms with van der Waals surface area (Å²) in [6.45, 7) is 1.03. The van der Waals surface area contributed by atoms with E-state index in [-0.39, 0.29) is 0 Å². The first kappa shape index (κ1) is 14.9. The molecular weight excluding hydrogens is 268 g/mol. The molecule has 0 amide bonds. The Morgan fingerprint density at radius 3 is 2.52 bits per heavy atom. The highest BCUT2D eigenvalue weighted by Crippen LogP contribution is 2.19. The van der Waals surface area contributed by atoms with Gasteiger partial charge >= 0.3 is 0 Å². The number of benzene rings is 2. The molecule has 2 aromatic carbocycles. The van der Waals surface area contributed by atoms with Crippen LogP contribution in [0.2, 0.25) is 0 Å². The Bertz CT molecular complexity index is 581. The van der Waals surface area contributed by atoms with E-state index < -0.39 is 0 Å². The van der Waals surface area contributed by atoms with E-state index in [9.17, 15) is 4.79 Å². The molecule has 0 saturated carbocycles. The Labute approximate surface area is 124 Å². The molecule has 0 aliphatic rings. The zero-order valence-electron chi connectivity index (χ0n) is 12.0. The molecule has 0 fully saturated rings. The molecule has 4 nitrogen and oxygen atoms in total. The fraction of sp³-hybridized carbons (Fsp3) is 0.235. The SMILES string of the molecule is COc1cccc(OCCCOc2ccccc2C=O)c1. The number of methoxy groups -OCH3 is 1. The highest BCUT2D eigenvalue weighted by atomic mass is 16.5. The molecule has 4 heteroatoms. The Kier molecular flexibility index (Phi) is 5.64. The molecule has 0 unspecified atom stereocenters. The van der Waals surface area contributed by atoms with Gasteiger partial charge in [0.1, 0.15) is 17.2 Å². The van der Waals surface area contributed by atoms with Gasteiger partial charge in [0, 0.05) is 12.5 Å². The zero-order valence-corrected chi connectivity index (χ0v) is 12.0. The van der Waals surface area contributed by atoms with Gasteiger partial charge in [-0.2, -0.15) is 0 Å². The van der Waals surface area contributed by atoms with Crippen molar-refractivity contribution in [2.75, 3.05) is 20.3 Å². The average molecular weight is 286 g/mol. The number of para-hydroxylation sites is 1. The van der Waals surface area contributed by atoms with Crippen molar-refractivity contribution in [3.05, 3.63) is 54.1 Å². The van der Waals surface area contributed by atoms with Crippen molar-refractivity contribution in [3.8, 4) is 17.2 Å². The van der Waals surface area contributed by atoms with Gasteiger partial charge in [-0.3, -0.25) is 4.79 Å². The van der Waals surface area contributed by atoms with Crippen LogP contribution in [0, 0.1) is 0 Å². The predicted molar refractivity (Wildman–Crippen MR) is 80.4 cm³/mol. The lowest BCUT2D eigenvalue weighted by molar-refractivity contribution is 0.111. The Balaban J connectivity index is 1.73. The topological polar surface area (TPSA) is 44.8 Å². The van der Waals surface area contributed by atoms with Gasteiger partial charge in [-0.15, -0.1) is 0 Å². The molecule has 0 N–H and O–H groups in total. The average Bonchev–Trinajstić information content (AvgIpc) is 2.55. The maximum absolute atomic E-state index is 10.8. The molecule has 0 radical (unpaired) electrons. The summed E-state index contributed by atoms with van der Waals surface area (Å²) >= 11 is 0. The van der Waals surface area contributed by atoms with Crippen LogP contribution in [0.3, 0.4) is 0 Å². The summed E-state index contributed by atoms with van der Waals surface area (Å²) in [7, 11) is 1.62. The van der Waals surface area contributed by atoms with E-state index in [1.165, 1.54) is 0 Å². The van der Waals surface area contributed by atoms with Gasteiger partial charge in [0.15, 0.2) is 6.29 Å². The molecule has 0 bridgehead atoms. The minimum absolute atomic E-state index is 0.495. The van der Waals surface area contributed by atoms with Crippen molar-refractivity contribution >= 4 is 6.29 Å². The third kappa shape index (κ3) is 4.53.